The summed E-state index contributed by atoms with van der Waals surface area (Å²) >= 11 is 2.10. The van der Waals surface area contributed by atoms with Crippen molar-refractivity contribution in [3.63, 3.8) is 0 Å². The van der Waals surface area contributed by atoms with Crippen LogP contribution in [0.4, 0.5) is 0 Å². The second kappa shape index (κ2) is 6.27. The van der Waals surface area contributed by atoms with Crippen LogP contribution in [0, 0.1) is 0 Å². The van der Waals surface area contributed by atoms with Crippen LogP contribution in [0.2, 0.25) is 0 Å². The fourth-order valence-electron chi connectivity index (χ4n) is 3.05. The first-order valence-electron chi connectivity index (χ1n) is 6.70. The minimum atomic E-state index is 0.243. The molecule has 3 unspecified atom stereocenters. The lowest BCUT2D eigenvalue weighted by atomic mass is 9.86. The Hall–Kier alpha value is 0.270. The molecule has 1 fully saturated rings. The van der Waals surface area contributed by atoms with Crippen LogP contribution >= 0.6 is 11.8 Å². The van der Waals surface area contributed by atoms with Crippen LogP contribution in [0.15, 0.2) is 0 Å². The molecule has 3 atom stereocenters. The van der Waals surface area contributed by atoms with Gasteiger partial charge in [-0.05, 0) is 38.5 Å². The smallest absolute Gasteiger partial charge is 0.0450 e. The normalized spacial score (nSPS) is 33.0. The molecular weight excluding hydrogens is 216 g/mol. The van der Waals surface area contributed by atoms with E-state index in [1.54, 1.807) is 0 Å². The lowest BCUT2D eigenvalue weighted by Gasteiger charge is -2.51. The van der Waals surface area contributed by atoms with Crippen molar-refractivity contribution in [2.75, 3.05) is 18.8 Å². The third-order valence-corrected chi connectivity index (χ3v) is 5.73. The van der Waals surface area contributed by atoms with Gasteiger partial charge in [-0.25, -0.2) is 0 Å². The summed E-state index contributed by atoms with van der Waals surface area (Å²) in [6, 6.07) is 0.648. The van der Waals surface area contributed by atoms with Crippen molar-refractivity contribution in [1.82, 2.24) is 4.90 Å². The molecule has 1 saturated heterocycles. The second-order valence-electron chi connectivity index (χ2n) is 4.97. The second-order valence-corrected chi connectivity index (χ2v) is 6.42. The summed E-state index contributed by atoms with van der Waals surface area (Å²) in [5, 5.41) is 0.667. The minimum absolute atomic E-state index is 0.243. The maximum atomic E-state index is 6.14. The molecule has 0 aromatic rings. The fourth-order valence-corrected chi connectivity index (χ4v) is 4.37. The Morgan fingerprint density at radius 1 is 1.50 bits per heavy atom. The third-order valence-electron chi connectivity index (χ3n) is 4.27. The summed E-state index contributed by atoms with van der Waals surface area (Å²) in [5.74, 6) is 1.31. The van der Waals surface area contributed by atoms with Crippen LogP contribution in [0.1, 0.15) is 47.0 Å². The highest BCUT2D eigenvalue weighted by Gasteiger charge is 2.43. The highest BCUT2D eigenvalue weighted by molar-refractivity contribution is 8.00. The molecule has 96 valence electrons. The van der Waals surface area contributed by atoms with Crippen molar-refractivity contribution in [2.24, 2.45) is 5.73 Å². The molecule has 3 heteroatoms. The van der Waals surface area contributed by atoms with Gasteiger partial charge >= 0.3 is 0 Å². The van der Waals surface area contributed by atoms with Crippen molar-refractivity contribution in [1.29, 1.82) is 0 Å². The number of nitrogens with zero attached hydrogens (tertiary/aromatic N) is 1. The first-order valence-corrected chi connectivity index (χ1v) is 7.75. The summed E-state index contributed by atoms with van der Waals surface area (Å²) in [5.41, 5.74) is 6.39. The predicted octanol–water partition coefficient (Wildman–Crippen LogP) is 2.72. The molecule has 0 aliphatic carbocycles. The average Bonchev–Trinajstić information content (AvgIpc) is 2.32. The zero-order chi connectivity index (χ0) is 12.2. The molecule has 0 saturated carbocycles. The van der Waals surface area contributed by atoms with E-state index in [0.717, 1.165) is 13.1 Å². The average molecular weight is 244 g/mol. The first kappa shape index (κ1) is 14.3. The van der Waals surface area contributed by atoms with Crippen LogP contribution in [0.3, 0.4) is 0 Å². The molecule has 0 aromatic carbocycles. The molecule has 16 heavy (non-hydrogen) atoms. The van der Waals surface area contributed by atoms with Crippen molar-refractivity contribution in [3.8, 4) is 0 Å². The molecule has 1 rings (SSSR count). The van der Waals surface area contributed by atoms with E-state index < -0.39 is 0 Å². The number of thioether (sulfide) groups is 1. The third kappa shape index (κ3) is 2.57. The molecule has 2 N–H and O–H groups in total. The molecule has 1 heterocycles. The Balaban J connectivity index is 2.90. The Bertz CT molecular complexity index is 210. The lowest BCUT2D eigenvalue weighted by molar-refractivity contribution is 0.0484. The van der Waals surface area contributed by atoms with Crippen LogP contribution in [-0.2, 0) is 0 Å². The van der Waals surface area contributed by atoms with E-state index in [1.807, 2.05) is 0 Å². The summed E-state index contributed by atoms with van der Waals surface area (Å²) in [6.07, 6.45) is 3.81. The number of nitrogens with two attached hydrogens (primary N) is 1. The molecule has 1 aliphatic heterocycles. The van der Waals surface area contributed by atoms with Gasteiger partial charge in [0.25, 0.3) is 0 Å². The van der Waals surface area contributed by atoms with Gasteiger partial charge in [-0.3, -0.25) is 4.90 Å². The Labute approximate surface area is 105 Å². The molecule has 0 radical (unpaired) electrons. The summed E-state index contributed by atoms with van der Waals surface area (Å²) in [7, 11) is 0. The van der Waals surface area contributed by atoms with Crippen LogP contribution in [0.25, 0.3) is 0 Å². The summed E-state index contributed by atoms with van der Waals surface area (Å²) in [4.78, 5) is 2.66. The van der Waals surface area contributed by atoms with Crippen LogP contribution in [0.5, 0.6) is 0 Å². The summed E-state index contributed by atoms with van der Waals surface area (Å²) < 4.78 is 0. The lowest BCUT2D eigenvalue weighted by Crippen LogP contribution is -2.63. The van der Waals surface area contributed by atoms with Gasteiger partial charge in [-0.2, -0.15) is 11.8 Å². The van der Waals surface area contributed by atoms with Gasteiger partial charge in [0.2, 0.25) is 0 Å². The number of hydrogen-bond acceptors (Lipinski definition) is 3. The highest BCUT2D eigenvalue weighted by Crippen LogP contribution is 2.39. The zero-order valence-electron chi connectivity index (χ0n) is 11.3. The fraction of sp³-hybridized carbons (Fsp3) is 1.00. The van der Waals surface area contributed by atoms with E-state index in [4.69, 9.17) is 5.73 Å². The molecule has 0 aromatic heterocycles. The van der Waals surface area contributed by atoms with Gasteiger partial charge in [0.15, 0.2) is 0 Å². The Kier molecular flexibility index (Phi) is 5.62. The van der Waals surface area contributed by atoms with Crippen molar-refractivity contribution < 1.29 is 0 Å². The number of hydrogen-bond donors (Lipinski definition) is 1. The van der Waals surface area contributed by atoms with E-state index in [9.17, 15) is 0 Å². The quantitative estimate of drug-likeness (QED) is 0.806. The molecule has 0 spiro atoms. The van der Waals surface area contributed by atoms with Crippen molar-refractivity contribution in [3.05, 3.63) is 0 Å². The Morgan fingerprint density at radius 3 is 2.62 bits per heavy atom. The van der Waals surface area contributed by atoms with Gasteiger partial charge in [0, 0.05) is 23.4 Å². The maximum absolute atomic E-state index is 6.14. The van der Waals surface area contributed by atoms with E-state index in [1.165, 1.54) is 25.0 Å². The SMILES string of the molecule is CCC(C)N(CC)C1(CN)CCCSC1C. The first-order chi connectivity index (χ1) is 7.62. The topological polar surface area (TPSA) is 29.3 Å². The van der Waals surface area contributed by atoms with Crippen molar-refractivity contribution >= 4 is 11.8 Å². The zero-order valence-corrected chi connectivity index (χ0v) is 12.1. The van der Waals surface area contributed by atoms with Gasteiger partial charge in [0.1, 0.15) is 0 Å². The Morgan fingerprint density at radius 2 is 2.19 bits per heavy atom. The predicted molar refractivity (Wildman–Crippen MR) is 75.1 cm³/mol. The van der Waals surface area contributed by atoms with Gasteiger partial charge in [-0.15, -0.1) is 0 Å². The largest absolute Gasteiger partial charge is 0.329 e. The molecular formula is C13H28N2S. The maximum Gasteiger partial charge on any atom is 0.0450 e. The standard InChI is InChI=1S/C13H28N2S/c1-5-11(3)15(6-2)13(10-14)8-7-9-16-12(13)4/h11-12H,5-10,14H2,1-4H3. The van der Waals surface area contributed by atoms with E-state index in [0.29, 0.717) is 11.3 Å². The molecule has 2 nitrogen and oxygen atoms in total. The van der Waals surface area contributed by atoms with Crippen LogP contribution in [-0.4, -0.2) is 40.6 Å². The van der Waals surface area contributed by atoms with Crippen LogP contribution < -0.4 is 5.73 Å². The summed E-state index contributed by atoms with van der Waals surface area (Å²) in [6.45, 7) is 11.2. The van der Waals surface area contributed by atoms with Gasteiger partial charge in [-0.1, -0.05) is 20.8 Å². The van der Waals surface area contributed by atoms with Crippen molar-refractivity contribution in [2.45, 2.75) is 63.8 Å². The monoisotopic (exact) mass is 244 g/mol. The number of rotatable bonds is 5. The van der Waals surface area contributed by atoms with Gasteiger partial charge < -0.3 is 5.73 Å². The molecule has 0 amide bonds. The van der Waals surface area contributed by atoms with E-state index in [2.05, 4.69) is 44.4 Å². The molecule has 0 bridgehead atoms. The van der Waals surface area contributed by atoms with Gasteiger partial charge in [0.05, 0.1) is 0 Å². The van der Waals surface area contributed by atoms with E-state index in [-0.39, 0.29) is 5.54 Å². The highest BCUT2D eigenvalue weighted by atomic mass is 32.2. The van der Waals surface area contributed by atoms with E-state index >= 15 is 0 Å². The minimum Gasteiger partial charge on any atom is -0.329 e. The number of likely N-dealkylation sites (N-methyl/N-ethyl adjacent to an activating group) is 1. The molecule has 1 aliphatic rings.